The van der Waals surface area contributed by atoms with E-state index in [9.17, 15) is 4.79 Å². The van der Waals surface area contributed by atoms with Crippen LogP contribution < -0.4 is 10.6 Å². The number of nitrogens with zero attached hydrogens (tertiary/aromatic N) is 4. The van der Waals surface area contributed by atoms with Crippen LogP contribution in [0.25, 0.3) is 0 Å². The van der Waals surface area contributed by atoms with Crippen LogP contribution >= 0.6 is 0 Å². The summed E-state index contributed by atoms with van der Waals surface area (Å²) in [6, 6.07) is 1.97. The molecule has 2 heterocycles. The van der Waals surface area contributed by atoms with Crippen molar-refractivity contribution in [3.8, 4) is 0 Å². The number of rotatable bonds is 6. The fourth-order valence-electron chi connectivity index (χ4n) is 2.17. The normalized spacial score (nSPS) is 12.0. The summed E-state index contributed by atoms with van der Waals surface area (Å²) in [5.74, 6) is 0.340. The lowest BCUT2D eigenvalue weighted by Gasteiger charge is -2.15. The summed E-state index contributed by atoms with van der Waals surface area (Å²) < 4.78 is 1.89. The van der Waals surface area contributed by atoms with Crippen molar-refractivity contribution in [1.29, 1.82) is 0 Å². The zero-order valence-electron chi connectivity index (χ0n) is 13.4. The van der Waals surface area contributed by atoms with Crippen LogP contribution in [0.3, 0.4) is 0 Å². The van der Waals surface area contributed by atoms with Gasteiger partial charge < -0.3 is 10.6 Å². The molecule has 118 valence electrons. The van der Waals surface area contributed by atoms with Crippen molar-refractivity contribution in [1.82, 2.24) is 25.1 Å². The lowest BCUT2D eigenvalue weighted by Crippen LogP contribution is -2.36. The third-order valence-corrected chi connectivity index (χ3v) is 3.18. The highest BCUT2D eigenvalue weighted by molar-refractivity contribution is 5.93. The second kappa shape index (κ2) is 7.02. The van der Waals surface area contributed by atoms with Gasteiger partial charge in [0.25, 0.3) is 5.91 Å². The molecule has 0 fully saturated rings. The maximum atomic E-state index is 12.2. The Labute approximate surface area is 130 Å². The topological polar surface area (TPSA) is 84.7 Å². The van der Waals surface area contributed by atoms with E-state index >= 15 is 0 Å². The second-order valence-electron chi connectivity index (χ2n) is 5.31. The molecule has 7 heteroatoms. The van der Waals surface area contributed by atoms with Crippen molar-refractivity contribution in [3.63, 3.8) is 0 Å². The van der Waals surface area contributed by atoms with Crippen LogP contribution in [0.5, 0.6) is 0 Å². The lowest BCUT2D eigenvalue weighted by atomic mass is 10.2. The number of carbonyl (C=O) groups excluding carboxylic acids is 1. The van der Waals surface area contributed by atoms with Gasteiger partial charge in [0.1, 0.15) is 0 Å². The van der Waals surface area contributed by atoms with Gasteiger partial charge in [-0.2, -0.15) is 5.10 Å². The summed E-state index contributed by atoms with van der Waals surface area (Å²) in [5.41, 5.74) is 2.50. The summed E-state index contributed by atoms with van der Waals surface area (Å²) >= 11 is 0. The standard InChI is InChI=1S/C15H22N6O/c1-5-16-15-17-7-13(8-18-15)14(22)19-11(3)9-21-12(4)6-10(2)20-21/h6-8,11H,5,9H2,1-4H3,(H,19,22)(H,16,17,18)/t11-/m1/s1. The average molecular weight is 302 g/mol. The summed E-state index contributed by atoms with van der Waals surface area (Å²) in [6.07, 6.45) is 3.05. The highest BCUT2D eigenvalue weighted by Crippen LogP contribution is 2.04. The number of amides is 1. The summed E-state index contributed by atoms with van der Waals surface area (Å²) in [4.78, 5) is 20.4. The van der Waals surface area contributed by atoms with Gasteiger partial charge in [0.2, 0.25) is 5.95 Å². The van der Waals surface area contributed by atoms with E-state index in [4.69, 9.17) is 0 Å². The third-order valence-electron chi connectivity index (χ3n) is 3.18. The van der Waals surface area contributed by atoms with E-state index in [1.54, 1.807) is 0 Å². The summed E-state index contributed by atoms with van der Waals surface area (Å²) in [7, 11) is 0. The minimum absolute atomic E-state index is 0.0426. The first-order valence-corrected chi connectivity index (χ1v) is 7.37. The van der Waals surface area contributed by atoms with Crippen LogP contribution in [0.15, 0.2) is 18.5 Å². The van der Waals surface area contributed by atoms with Crippen LogP contribution in [0.1, 0.15) is 35.6 Å². The SMILES string of the molecule is CCNc1ncc(C(=O)N[C@H](C)Cn2nc(C)cc2C)cn1. The van der Waals surface area contributed by atoms with E-state index in [0.29, 0.717) is 18.1 Å². The van der Waals surface area contributed by atoms with Crippen molar-refractivity contribution in [2.24, 2.45) is 0 Å². The molecule has 2 aromatic rings. The van der Waals surface area contributed by atoms with E-state index in [0.717, 1.165) is 17.9 Å². The van der Waals surface area contributed by atoms with Gasteiger partial charge in [-0.3, -0.25) is 9.48 Å². The van der Waals surface area contributed by atoms with Crippen molar-refractivity contribution < 1.29 is 4.79 Å². The number of anilines is 1. The molecule has 0 aromatic carbocycles. The third kappa shape index (κ3) is 4.03. The Morgan fingerprint density at radius 3 is 2.55 bits per heavy atom. The van der Waals surface area contributed by atoms with E-state index in [-0.39, 0.29) is 11.9 Å². The van der Waals surface area contributed by atoms with E-state index in [2.05, 4.69) is 25.7 Å². The maximum Gasteiger partial charge on any atom is 0.254 e. The van der Waals surface area contributed by atoms with E-state index in [1.807, 2.05) is 38.4 Å². The quantitative estimate of drug-likeness (QED) is 0.845. The molecule has 2 rings (SSSR count). The molecule has 0 aliphatic carbocycles. The molecule has 2 N–H and O–H groups in total. The zero-order valence-corrected chi connectivity index (χ0v) is 13.4. The van der Waals surface area contributed by atoms with Crippen LogP contribution in [-0.4, -0.2) is 38.2 Å². The smallest absolute Gasteiger partial charge is 0.254 e. The lowest BCUT2D eigenvalue weighted by molar-refractivity contribution is 0.0935. The molecule has 0 saturated carbocycles. The number of hydrogen-bond donors (Lipinski definition) is 2. The Morgan fingerprint density at radius 1 is 1.32 bits per heavy atom. The largest absolute Gasteiger partial charge is 0.355 e. The van der Waals surface area contributed by atoms with Gasteiger partial charge in [0, 0.05) is 30.7 Å². The molecular weight excluding hydrogens is 280 g/mol. The molecule has 0 radical (unpaired) electrons. The van der Waals surface area contributed by atoms with E-state index < -0.39 is 0 Å². The van der Waals surface area contributed by atoms with Crippen LogP contribution in [0.4, 0.5) is 5.95 Å². The monoisotopic (exact) mass is 302 g/mol. The number of hydrogen-bond acceptors (Lipinski definition) is 5. The molecular formula is C15H22N6O. The van der Waals surface area contributed by atoms with Gasteiger partial charge in [0.15, 0.2) is 0 Å². The van der Waals surface area contributed by atoms with E-state index in [1.165, 1.54) is 12.4 Å². The van der Waals surface area contributed by atoms with Gasteiger partial charge in [-0.1, -0.05) is 0 Å². The van der Waals surface area contributed by atoms with Gasteiger partial charge in [-0.15, -0.1) is 0 Å². The highest BCUT2D eigenvalue weighted by atomic mass is 16.1. The second-order valence-corrected chi connectivity index (χ2v) is 5.31. The van der Waals surface area contributed by atoms with Crippen molar-refractivity contribution in [2.45, 2.75) is 40.3 Å². The van der Waals surface area contributed by atoms with Crippen molar-refractivity contribution in [2.75, 3.05) is 11.9 Å². The molecule has 22 heavy (non-hydrogen) atoms. The van der Waals surface area contributed by atoms with Crippen LogP contribution in [-0.2, 0) is 6.54 Å². The Balaban J connectivity index is 1.94. The first-order valence-electron chi connectivity index (χ1n) is 7.37. The Bertz CT molecular complexity index is 634. The van der Waals surface area contributed by atoms with Gasteiger partial charge in [-0.05, 0) is 33.8 Å². The molecule has 0 aliphatic heterocycles. The predicted octanol–water partition coefficient (Wildman–Crippen LogP) is 1.54. The van der Waals surface area contributed by atoms with Crippen LogP contribution in [0.2, 0.25) is 0 Å². The minimum atomic E-state index is -0.183. The molecule has 7 nitrogen and oxygen atoms in total. The fourth-order valence-corrected chi connectivity index (χ4v) is 2.17. The molecule has 0 unspecified atom stereocenters. The maximum absolute atomic E-state index is 12.2. The van der Waals surface area contributed by atoms with Gasteiger partial charge in [0.05, 0.1) is 17.8 Å². The van der Waals surface area contributed by atoms with Crippen molar-refractivity contribution in [3.05, 3.63) is 35.4 Å². The Hall–Kier alpha value is -2.44. The molecule has 0 spiro atoms. The number of aromatic nitrogens is 4. The summed E-state index contributed by atoms with van der Waals surface area (Å²) in [5, 5.41) is 10.3. The Morgan fingerprint density at radius 2 is 2.00 bits per heavy atom. The first kappa shape index (κ1) is 15.9. The Kier molecular flexibility index (Phi) is 5.08. The summed E-state index contributed by atoms with van der Waals surface area (Å²) in [6.45, 7) is 9.23. The average Bonchev–Trinajstić information content (AvgIpc) is 2.77. The molecule has 0 bridgehead atoms. The number of aryl methyl sites for hydroxylation is 2. The molecule has 0 aliphatic rings. The fraction of sp³-hybridized carbons (Fsp3) is 0.467. The predicted molar refractivity (Wildman–Crippen MR) is 84.8 cm³/mol. The van der Waals surface area contributed by atoms with Crippen LogP contribution in [0, 0.1) is 13.8 Å². The van der Waals surface area contributed by atoms with Gasteiger partial charge >= 0.3 is 0 Å². The van der Waals surface area contributed by atoms with Gasteiger partial charge in [-0.25, -0.2) is 9.97 Å². The zero-order chi connectivity index (χ0) is 16.1. The molecule has 1 atom stereocenters. The first-order chi connectivity index (χ1) is 10.5. The molecule has 1 amide bonds. The van der Waals surface area contributed by atoms with Crippen molar-refractivity contribution >= 4 is 11.9 Å². The minimum Gasteiger partial charge on any atom is -0.355 e. The number of nitrogens with one attached hydrogen (secondary N) is 2. The molecule has 0 saturated heterocycles. The molecule has 2 aromatic heterocycles. The number of carbonyl (C=O) groups is 1. The highest BCUT2D eigenvalue weighted by Gasteiger charge is 2.12.